The number of hydrogen-bond donors (Lipinski definition) is 0. The van der Waals surface area contributed by atoms with Crippen molar-refractivity contribution >= 4 is 23.6 Å². The van der Waals surface area contributed by atoms with Gasteiger partial charge < -0.3 is 4.74 Å². The van der Waals surface area contributed by atoms with Gasteiger partial charge in [-0.25, -0.2) is 4.79 Å². The predicted molar refractivity (Wildman–Crippen MR) is 131 cm³/mol. The Balaban J connectivity index is 1.56. The summed E-state index contributed by atoms with van der Waals surface area (Å²) in [5.41, 5.74) is 4.62. The Bertz CT molecular complexity index is 1180. The quantitative estimate of drug-likeness (QED) is 0.237. The third-order valence-corrected chi connectivity index (χ3v) is 4.96. The molecule has 0 spiro atoms. The summed E-state index contributed by atoms with van der Waals surface area (Å²) in [5, 5.41) is 0. The van der Waals surface area contributed by atoms with Gasteiger partial charge in [-0.1, -0.05) is 73.8 Å². The molecule has 0 bridgehead atoms. The van der Waals surface area contributed by atoms with E-state index in [1.807, 2.05) is 60.7 Å². The molecule has 0 saturated heterocycles. The third-order valence-electron chi connectivity index (χ3n) is 4.96. The number of hydrogen-bond acceptors (Lipinski definition) is 4. The van der Waals surface area contributed by atoms with Gasteiger partial charge in [0.05, 0.1) is 0 Å². The lowest BCUT2D eigenvalue weighted by molar-refractivity contribution is -0.129. The molecule has 33 heavy (non-hydrogen) atoms. The van der Waals surface area contributed by atoms with Crippen LogP contribution in [-0.4, -0.2) is 17.5 Å². The first-order valence-electron chi connectivity index (χ1n) is 10.5. The third kappa shape index (κ3) is 7.11. The number of esters is 1. The van der Waals surface area contributed by atoms with Gasteiger partial charge in [0, 0.05) is 18.9 Å². The molecule has 3 rings (SSSR count). The topological polar surface area (TPSA) is 60.4 Å². The van der Waals surface area contributed by atoms with E-state index in [1.54, 1.807) is 18.2 Å². The fraction of sp³-hybridized carbons (Fsp3) is 0.0690. The lowest BCUT2D eigenvalue weighted by Crippen LogP contribution is -2.03. The zero-order valence-corrected chi connectivity index (χ0v) is 18.2. The van der Waals surface area contributed by atoms with Crippen molar-refractivity contribution in [3.8, 4) is 16.9 Å². The van der Waals surface area contributed by atoms with E-state index in [9.17, 15) is 14.4 Å². The second-order valence-electron chi connectivity index (χ2n) is 7.41. The Morgan fingerprint density at radius 3 is 1.61 bits per heavy atom. The molecule has 0 aliphatic heterocycles. The van der Waals surface area contributed by atoms with E-state index in [0.717, 1.165) is 27.8 Å². The Labute approximate surface area is 193 Å². The average molecular weight is 437 g/mol. The highest BCUT2D eigenvalue weighted by Gasteiger charge is 2.04. The van der Waals surface area contributed by atoms with Gasteiger partial charge in [0.2, 0.25) is 0 Å². The summed E-state index contributed by atoms with van der Waals surface area (Å²) < 4.78 is 5.36. The van der Waals surface area contributed by atoms with Crippen LogP contribution in [0.15, 0.2) is 104 Å². The molecule has 0 aliphatic rings. The molecule has 0 heterocycles. The maximum Gasteiger partial charge on any atom is 0.336 e. The van der Waals surface area contributed by atoms with Gasteiger partial charge in [-0.15, -0.1) is 0 Å². The molecule has 4 heteroatoms. The van der Waals surface area contributed by atoms with E-state index in [1.165, 1.54) is 18.2 Å². The Kier molecular flexibility index (Phi) is 8.03. The molecule has 0 aliphatic carbocycles. The number of allylic oxidation sites excluding steroid dienone is 2. The van der Waals surface area contributed by atoms with Crippen molar-refractivity contribution in [1.29, 1.82) is 0 Å². The van der Waals surface area contributed by atoms with Gasteiger partial charge in [-0.2, -0.15) is 0 Å². The van der Waals surface area contributed by atoms with Crippen molar-refractivity contribution in [3.05, 3.63) is 121 Å². The lowest BCUT2D eigenvalue weighted by atomic mass is 10.0. The first-order chi connectivity index (χ1) is 16.0. The molecule has 0 N–H and O–H groups in total. The van der Waals surface area contributed by atoms with E-state index in [2.05, 4.69) is 13.2 Å². The minimum Gasteiger partial charge on any atom is -0.423 e. The van der Waals surface area contributed by atoms with Crippen LogP contribution in [0.4, 0.5) is 0 Å². The van der Waals surface area contributed by atoms with Crippen LogP contribution in [-0.2, 0) is 27.2 Å². The molecule has 0 aromatic heterocycles. The maximum atomic E-state index is 12.1. The van der Waals surface area contributed by atoms with Crippen LogP contribution >= 0.6 is 0 Å². The Hall–Kier alpha value is -4.31. The molecule has 3 aromatic carbocycles. The van der Waals surface area contributed by atoms with Crippen LogP contribution in [0.3, 0.4) is 0 Å². The van der Waals surface area contributed by atoms with Gasteiger partial charge in [-0.3, -0.25) is 9.59 Å². The standard InChI is InChI=1S/C29H24O4/c1-3-26(30)19-22-7-5-21(6-8-22)11-18-29(32)33-28-16-14-25(15-17-28)24-12-9-23(10-13-24)20-27(31)4-2/h3-18H,1-2,19-20H2/b18-11+. The smallest absolute Gasteiger partial charge is 0.336 e. The number of ketones is 2. The fourth-order valence-electron chi connectivity index (χ4n) is 3.14. The summed E-state index contributed by atoms with van der Waals surface area (Å²) in [6.07, 6.45) is 6.31. The lowest BCUT2D eigenvalue weighted by Gasteiger charge is -2.06. The summed E-state index contributed by atoms with van der Waals surface area (Å²) in [6.45, 7) is 6.96. The van der Waals surface area contributed by atoms with Crippen LogP contribution < -0.4 is 4.74 Å². The molecular formula is C29H24O4. The van der Waals surface area contributed by atoms with Crippen molar-refractivity contribution in [3.63, 3.8) is 0 Å². The highest BCUT2D eigenvalue weighted by molar-refractivity contribution is 5.91. The van der Waals surface area contributed by atoms with Gasteiger partial charge >= 0.3 is 5.97 Å². The van der Waals surface area contributed by atoms with E-state index in [-0.39, 0.29) is 11.6 Å². The fourth-order valence-corrected chi connectivity index (χ4v) is 3.14. The van der Waals surface area contributed by atoms with Gasteiger partial charge in [0.25, 0.3) is 0 Å². The molecular weight excluding hydrogens is 412 g/mol. The minimum absolute atomic E-state index is 0.0139. The van der Waals surface area contributed by atoms with Gasteiger partial charge in [0.15, 0.2) is 11.6 Å². The monoisotopic (exact) mass is 436 g/mol. The number of rotatable bonds is 10. The van der Waals surface area contributed by atoms with Crippen molar-refractivity contribution < 1.29 is 19.1 Å². The van der Waals surface area contributed by atoms with Gasteiger partial charge in [0.1, 0.15) is 5.75 Å². The molecule has 0 amide bonds. The average Bonchev–Trinajstić information content (AvgIpc) is 2.84. The van der Waals surface area contributed by atoms with Crippen LogP contribution in [0, 0.1) is 0 Å². The highest BCUT2D eigenvalue weighted by atomic mass is 16.5. The molecule has 0 atom stereocenters. The van der Waals surface area contributed by atoms with E-state index in [4.69, 9.17) is 4.74 Å². The number of carbonyl (C=O) groups is 3. The number of carbonyl (C=O) groups excluding carboxylic acids is 3. The summed E-state index contributed by atoms with van der Waals surface area (Å²) in [6, 6.07) is 22.3. The molecule has 3 aromatic rings. The Morgan fingerprint density at radius 1 is 0.667 bits per heavy atom. The predicted octanol–water partition coefficient (Wildman–Crippen LogP) is 5.57. The van der Waals surface area contributed by atoms with Crippen molar-refractivity contribution in [2.24, 2.45) is 0 Å². The van der Waals surface area contributed by atoms with Crippen LogP contribution in [0.5, 0.6) is 5.75 Å². The van der Waals surface area contributed by atoms with E-state index >= 15 is 0 Å². The van der Waals surface area contributed by atoms with E-state index in [0.29, 0.717) is 18.6 Å². The number of benzene rings is 3. The van der Waals surface area contributed by atoms with Crippen molar-refractivity contribution in [2.45, 2.75) is 12.8 Å². The number of ether oxygens (including phenoxy) is 1. The molecule has 0 unspecified atom stereocenters. The van der Waals surface area contributed by atoms with Crippen molar-refractivity contribution in [1.82, 2.24) is 0 Å². The second kappa shape index (κ2) is 11.3. The zero-order chi connectivity index (χ0) is 23.6. The summed E-state index contributed by atoms with van der Waals surface area (Å²) in [4.78, 5) is 35.0. The van der Waals surface area contributed by atoms with Crippen LogP contribution in [0.2, 0.25) is 0 Å². The van der Waals surface area contributed by atoms with Gasteiger partial charge in [-0.05, 0) is 58.2 Å². The van der Waals surface area contributed by atoms with Crippen LogP contribution in [0.1, 0.15) is 16.7 Å². The molecule has 0 fully saturated rings. The van der Waals surface area contributed by atoms with Crippen molar-refractivity contribution in [2.75, 3.05) is 0 Å². The largest absolute Gasteiger partial charge is 0.423 e. The SMILES string of the molecule is C=CC(=O)Cc1ccc(/C=C/C(=O)Oc2ccc(-c3ccc(CC(=O)C=C)cc3)cc2)cc1. The molecule has 0 radical (unpaired) electrons. The van der Waals surface area contributed by atoms with E-state index < -0.39 is 5.97 Å². The normalized spacial score (nSPS) is 10.5. The first-order valence-corrected chi connectivity index (χ1v) is 10.5. The maximum absolute atomic E-state index is 12.1. The second-order valence-corrected chi connectivity index (χ2v) is 7.41. The Morgan fingerprint density at radius 2 is 1.12 bits per heavy atom. The highest BCUT2D eigenvalue weighted by Crippen LogP contribution is 2.23. The first kappa shape index (κ1) is 23.4. The summed E-state index contributed by atoms with van der Waals surface area (Å²) >= 11 is 0. The minimum atomic E-state index is -0.482. The summed E-state index contributed by atoms with van der Waals surface area (Å²) in [5.74, 6) is -0.0883. The molecule has 4 nitrogen and oxygen atoms in total. The summed E-state index contributed by atoms with van der Waals surface area (Å²) in [7, 11) is 0. The molecule has 164 valence electrons. The van der Waals surface area contributed by atoms with Crippen LogP contribution in [0.25, 0.3) is 17.2 Å². The zero-order valence-electron chi connectivity index (χ0n) is 18.2. The molecule has 0 saturated carbocycles.